The Balaban J connectivity index is 1.04. The van der Waals surface area contributed by atoms with Gasteiger partial charge in [-0.25, -0.2) is 9.97 Å². The highest BCUT2D eigenvalue weighted by Crippen LogP contribution is 2.67. The number of piperazine rings is 1. The van der Waals surface area contributed by atoms with Gasteiger partial charge in [0.05, 0.1) is 6.10 Å². The second-order valence-corrected chi connectivity index (χ2v) is 14.3. The van der Waals surface area contributed by atoms with Gasteiger partial charge in [-0.3, -0.25) is 4.79 Å². The molecule has 0 aromatic carbocycles. The van der Waals surface area contributed by atoms with E-state index in [2.05, 4.69) is 46.6 Å². The number of hydrogen-bond acceptors (Lipinski definition) is 5. The average molecular weight is 535 g/mol. The fourth-order valence-corrected chi connectivity index (χ4v) is 10.1. The minimum absolute atomic E-state index is 0.124. The Hall–Kier alpha value is -1.95. The van der Waals surface area contributed by atoms with Crippen molar-refractivity contribution in [1.82, 2.24) is 14.9 Å². The van der Waals surface area contributed by atoms with Crippen LogP contribution in [0.15, 0.2) is 24.0 Å². The molecule has 6 heteroatoms. The van der Waals surface area contributed by atoms with E-state index in [1.165, 1.54) is 38.5 Å². The number of aliphatic hydroxyl groups is 1. The lowest BCUT2D eigenvalue weighted by molar-refractivity contribution is -0.132. The van der Waals surface area contributed by atoms with Crippen molar-refractivity contribution in [3.63, 3.8) is 0 Å². The number of anilines is 1. The molecule has 6 nitrogen and oxygen atoms in total. The van der Waals surface area contributed by atoms with Crippen LogP contribution in [0.25, 0.3) is 0 Å². The van der Waals surface area contributed by atoms with Gasteiger partial charge in [-0.05, 0) is 105 Å². The Morgan fingerprint density at radius 1 is 1.08 bits per heavy atom. The maximum Gasteiger partial charge on any atom is 0.222 e. The van der Waals surface area contributed by atoms with E-state index in [0.29, 0.717) is 29.1 Å². The van der Waals surface area contributed by atoms with Crippen molar-refractivity contribution >= 4 is 11.7 Å². The van der Waals surface area contributed by atoms with Gasteiger partial charge in [0.15, 0.2) is 0 Å². The van der Waals surface area contributed by atoms with Crippen molar-refractivity contribution in [2.75, 3.05) is 31.1 Å². The first kappa shape index (κ1) is 27.2. The number of amides is 1. The van der Waals surface area contributed by atoms with E-state index in [1.807, 2.05) is 13.0 Å². The molecular formula is C33H50N4O2. The number of fused-ring (bicyclic) bond motifs is 5. The van der Waals surface area contributed by atoms with Gasteiger partial charge in [0.25, 0.3) is 0 Å². The molecule has 8 atom stereocenters. The molecule has 39 heavy (non-hydrogen) atoms. The first-order valence-corrected chi connectivity index (χ1v) is 15.9. The minimum Gasteiger partial charge on any atom is -0.393 e. The highest BCUT2D eigenvalue weighted by Gasteiger charge is 2.59. The predicted molar refractivity (Wildman–Crippen MR) is 155 cm³/mol. The quantitative estimate of drug-likeness (QED) is 0.484. The molecule has 0 spiro atoms. The summed E-state index contributed by atoms with van der Waals surface area (Å²) >= 11 is 0. The summed E-state index contributed by atoms with van der Waals surface area (Å²) in [5.41, 5.74) is 3.29. The number of hydrogen-bond donors (Lipinski definition) is 1. The first-order chi connectivity index (χ1) is 18.7. The highest BCUT2D eigenvalue weighted by molar-refractivity contribution is 5.76. The summed E-state index contributed by atoms with van der Waals surface area (Å²) in [5, 5.41) is 10.3. The van der Waals surface area contributed by atoms with Gasteiger partial charge < -0.3 is 14.9 Å². The molecule has 6 rings (SSSR count). The van der Waals surface area contributed by atoms with Crippen LogP contribution in [0.4, 0.5) is 5.82 Å². The van der Waals surface area contributed by atoms with E-state index in [-0.39, 0.29) is 6.10 Å². The predicted octanol–water partition coefficient (Wildman–Crippen LogP) is 5.79. The largest absolute Gasteiger partial charge is 0.393 e. The molecule has 4 aliphatic carbocycles. The third-order valence-corrected chi connectivity index (χ3v) is 12.4. The number of aromatic nitrogens is 2. The van der Waals surface area contributed by atoms with E-state index in [1.54, 1.807) is 11.9 Å². The van der Waals surface area contributed by atoms with Gasteiger partial charge in [0.1, 0.15) is 12.1 Å². The molecule has 0 bridgehead atoms. The number of carbonyl (C=O) groups is 1. The van der Waals surface area contributed by atoms with Gasteiger partial charge in [-0.15, -0.1) is 0 Å². The van der Waals surface area contributed by atoms with E-state index >= 15 is 0 Å². The zero-order valence-corrected chi connectivity index (χ0v) is 24.7. The standard InChI is InChI=1S/C33H50N4O2/c1-22(5-10-31(39)37-17-15-36(16-18-37)30-19-23(2)34-21-35-30)27-8-9-28-26-7-6-24-20-25(38)11-13-32(24,3)29(26)12-14-33(27,28)4/h6,19,21-22,25-29,38H,5,7-18,20H2,1-4H3/t22?,25-,26-,27+,28-,29-,32-,33+/m0/s1. The molecule has 1 aliphatic heterocycles. The Labute approximate surface area is 235 Å². The van der Waals surface area contributed by atoms with Crippen LogP contribution in [0.2, 0.25) is 0 Å². The molecule has 1 N–H and O–H groups in total. The van der Waals surface area contributed by atoms with Crippen LogP contribution >= 0.6 is 0 Å². The zero-order valence-electron chi connectivity index (χ0n) is 24.7. The van der Waals surface area contributed by atoms with Crippen LogP contribution in [0.1, 0.15) is 90.7 Å². The van der Waals surface area contributed by atoms with Crippen LogP contribution < -0.4 is 4.90 Å². The van der Waals surface area contributed by atoms with Crippen LogP contribution in [-0.2, 0) is 4.79 Å². The van der Waals surface area contributed by atoms with Crippen molar-refractivity contribution < 1.29 is 9.90 Å². The summed E-state index contributed by atoms with van der Waals surface area (Å²) < 4.78 is 0. The lowest BCUT2D eigenvalue weighted by Gasteiger charge is -2.58. The van der Waals surface area contributed by atoms with E-state index in [9.17, 15) is 9.90 Å². The minimum atomic E-state index is -0.124. The Kier molecular flexibility index (Phi) is 7.31. The number of carbonyl (C=O) groups excluding carboxylic acids is 1. The molecule has 4 fully saturated rings. The molecule has 5 aliphatic rings. The van der Waals surface area contributed by atoms with Gasteiger partial charge in [0.2, 0.25) is 5.91 Å². The molecule has 0 radical (unpaired) electrons. The Morgan fingerprint density at radius 2 is 1.87 bits per heavy atom. The van der Waals surface area contributed by atoms with Gasteiger partial charge in [0, 0.05) is 44.4 Å². The number of rotatable bonds is 5. The van der Waals surface area contributed by atoms with Crippen molar-refractivity contribution in [3.8, 4) is 0 Å². The van der Waals surface area contributed by atoms with E-state index in [4.69, 9.17) is 0 Å². The summed E-state index contributed by atoms with van der Waals surface area (Å²) in [5.74, 6) is 5.06. The smallest absolute Gasteiger partial charge is 0.222 e. The number of nitrogens with zero attached hydrogens (tertiary/aromatic N) is 4. The van der Waals surface area contributed by atoms with Crippen LogP contribution in [-0.4, -0.2) is 58.2 Å². The van der Waals surface area contributed by atoms with Crippen molar-refractivity contribution in [3.05, 3.63) is 29.7 Å². The summed E-state index contributed by atoms with van der Waals surface area (Å²) in [6, 6.07) is 2.03. The first-order valence-electron chi connectivity index (χ1n) is 15.9. The van der Waals surface area contributed by atoms with E-state index in [0.717, 1.165) is 80.6 Å². The summed E-state index contributed by atoms with van der Waals surface area (Å²) in [6.45, 7) is 12.8. The molecule has 1 unspecified atom stereocenters. The highest BCUT2D eigenvalue weighted by atomic mass is 16.3. The number of aliphatic hydroxyl groups excluding tert-OH is 1. The van der Waals surface area contributed by atoms with Crippen molar-refractivity contribution in [2.24, 2.45) is 40.4 Å². The lowest BCUT2D eigenvalue weighted by Crippen LogP contribution is -2.51. The summed E-state index contributed by atoms with van der Waals surface area (Å²) in [6.07, 6.45) is 15.4. The average Bonchev–Trinajstić information content (AvgIpc) is 3.29. The van der Waals surface area contributed by atoms with Gasteiger partial charge in [-0.2, -0.15) is 0 Å². The fourth-order valence-electron chi connectivity index (χ4n) is 10.1. The SMILES string of the molecule is Cc1cc(N2CCN(C(=O)CCC(C)[C@H]3CC[C@H]4[C@@H]5CC=C6C[C@@H](O)CC[C@]6(C)[C@H]5CC[C@]34C)CC2)ncn1. The summed E-state index contributed by atoms with van der Waals surface area (Å²) in [4.78, 5) is 26.2. The second-order valence-electron chi connectivity index (χ2n) is 14.3. The maximum absolute atomic E-state index is 13.2. The number of aryl methyl sites for hydroxylation is 1. The third kappa shape index (κ3) is 4.83. The molecule has 1 saturated heterocycles. The lowest BCUT2D eigenvalue weighted by atomic mass is 9.47. The monoisotopic (exact) mass is 534 g/mol. The summed E-state index contributed by atoms with van der Waals surface area (Å²) in [7, 11) is 0. The van der Waals surface area contributed by atoms with Crippen molar-refractivity contribution in [1.29, 1.82) is 0 Å². The molecule has 1 aromatic rings. The van der Waals surface area contributed by atoms with Gasteiger partial charge in [-0.1, -0.05) is 32.4 Å². The number of allylic oxidation sites excluding steroid dienone is 1. The second kappa shape index (κ2) is 10.5. The fraction of sp³-hybridized carbons (Fsp3) is 0.788. The van der Waals surface area contributed by atoms with Crippen LogP contribution in [0, 0.1) is 47.3 Å². The molecule has 214 valence electrons. The van der Waals surface area contributed by atoms with Crippen LogP contribution in [0.5, 0.6) is 0 Å². The molecular weight excluding hydrogens is 484 g/mol. The van der Waals surface area contributed by atoms with Crippen molar-refractivity contribution in [2.45, 2.75) is 98.0 Å². The topological polar surface area (TPSA) is 69.6 Å². The normalized spacial score (nSPS) is 38.9. The Morgan fingerprint density at radius 3 is 2.64 bits per heavy atom. The molecule has 2 heterocycles. The van der Waals surface area contributed by atoms with Gasteiger partial charge >= 0.3 is 0 Å². The zero-order chi connectivity index (χ0) is 27.4. The molecule has 1 amide bonds. The van der Waals surface area contributed by atoms with Crippen LogP contribution in [0.3, 0.4) is 0 Å². The third-order valence-electron chi connectivity index (χ3n) is 12.4. The molecule has 1 aromatic heterocycles. The molecule has 3 saturated carbocycles. The van der Waals surface area contributed by atoms with E-state index < -0.39 is 0 Å². The Bertz CT molecular complexity index is 1100. The maximum atomic E-state index is 13.2.